The molecule has 1 aromatic carbocycles. The Balaban J connectivity index is 1.82. The van der Waals surface area contributed by atoms with Crippen LogP contribution in [0.2, 0.25) is 0 Å². The second kappa shape index (κ2) is 7.63. The summed E-state index contributed by atoms with van der Waals surface area (Å²) < 4.78 is 17.5. The normalized spacial score (nSPS) is 15.2. The van der Waals surface area contributed by atoms with E-state index in [1.165, 1.54) is 19.2 Å². The van der Waals surface area contributed by atoms with Gasteiger partial charge in [0.2, 0.25) is 0 Å². The molecular formula is C15H20FN3O3. The van der Waals surface area contributed by atoms with Gasteiger partial charge in [0.25, 0.3) is 0 Å². The standard InChI is InChI=1S/C15H20FN3O3/c1-22-15(21)19-8-2-7-18(9-10-19)14(20)17-11-12-3-5-13(16)6-4-12/h3-6H,2,7-11H2,1H3,(H,17,20). The Kier molecular flexibility index (Phi) is 5.57. The molecule has 0 bridgehead atoms. The highest BCUT2D eigenvalue weighted by Gasteiger charge is 2.22. The first-order valence-corrected chi connectivity index (χ1v) is 7.20. The predicted octanol–water partition coefficient (Wildman–Crippen LogP) is 1.81. The molecule has 1 N–H and O–H groups in total. The highest BCUT2D eigenvalue weighted by Crippen LogP contribution is 2.06. The molecule has 1 aromatic rings. The second-order valence-corrected chi connectivity index (χ2v) is 5.08. The largest absolute Gasteiger partial charge is 0.453 e. The van der Waals surface area contributed by atoms with Crippen molar-refractivity contribution in [3.8, 4) is 0 Å². The van der Waals surface area contributed by atoms with Crippen LogP contribution in [0.15, 0.2) is 24.3 Å². The number of nitrogens with one attached hydrogen (secondary N) is 1. The summed E-state index contributed by atoms with van der Waals surface area (Å²) in [5.74, 6) is -0.300. The van der Waals surface area contributed by atoms with E-state index in [1.54, 1.807) is 21.9 Å². The molecule has 2 rings (SSSR count). The summed E-state index contributed by atoms with van der Waals surface area (Å²) in [4.78, 5) is 26.9. The highest BCUT2D eigenvalue weighted by atomic mass is 19.1. The van der Waals surface area contributed by atoms with E-state index in [0.29, 0.717) is 39.1 Å². The molecule has 120 valence electrons. The van der Waals surface area contributed by atoms with Gasteiger partial charge in [0, 0.05) is 32.7 Å². The van der Waals surface area contributed by atoms with Crippen LogP contribution in [0.1, 0.15) is 12.0 Å². The number of urea groups is 1. The first-order valence-electron chi connectivity index (χ1n) is 7.20. The highest BCUT2D eigenvalue weighted by molar-refractivity contribution is 5.74. The summed E-state index contributed by atoms with van der Waals surface area (Å²) in [5.41, 5.74) is 0.834. The summed E-state index contributed by atoms with van der Waals surface area (Å²) in [5, 5.41) is 2.80. The summed E-state index contributed by atoms with van der Waals surface area (Å²) in [7, 11) is 1.35. The average Bonchev–Trinajstić information content (AvgIpc) is 2.79. The van der Waals surface area contributed by atoms with E-state index in [4.69, 9.17) is 4.74 Å². The average molecular weight is 309 g/mol. The van der Waals surface area contributed by atoms with Crippen LogP contribution in [0.3, 0.4) is 0 Å². The van der Waals surface area contributed by atoms with Gasteiger partial charge in [0.05, 0.1) is 7.11 Å². The summed E-state index contributed by atoms with van der Waals surface area (Å²) in [6.07, 6.45) is 0.340. The zero-order valence-electron chi connectivity index (χ0n) is 12.5. The van der Waals surface area contributed by atoms with Crippen LogP contribution in [0, 0.1) is 5.82 Å². The minimum Gasteiger partial charge on any atom is -0.453 e. The number of amides is 3. The SMILES string of the molecule is COC(=O)N1CCCN(C(=O)NCc2ccc(F)cc2)CC1. The van der Waals surface area contributed by atoms with Crippen molar-refractivity contribution in [1.82, 2.24) is 15.1 Å². The topological polar surface area (TPSA) is 61.9 Å². The van der Waals surface area contributed by atoms with Crippen molar-refractivity contribution < 1.29 is 18.7 Å². The number of methoxy groups -OCH3 is 1. The third-order valence-corrected chi connectivity index (χ3v) is 3.57. The van der Waals surface area contributed by atoms with Crippen LogP contribution < -0.4 is 5.32 Å². The van der Waals surface area contributed by atoms with Gasteiger partial charge in [-0.3, -0.25) is 0 Å². The number of carbonyl (C=O) groups is 2. The van der Waals surface area contributed by atoms with Gasteiger partial charge < -0.3 is 19.9 Å². The molecule has 1 saturated heterocycles. The van der Waals surface area contributed by atoms with Gasteiger partial charge in [-0.2, -0.15) is 0 Å². The number of halogens is 1. The van der Waals surface area contributed by atoms with Crippen molar-refractivity contribution in [1.29, 1.82) is 0 Å². The van der Waals surface area contributed by atoms with Crippen molar-refractivity contribution in [2.24, 2.45) is 0 Å². The number of hydrogen-bond acceptors (Lipinski definition) is 3. The molecule has 6 nitrogen and oxygen atoms in total. The van der Waals surface area contributed by atoms with Crippen LogP contribution in [0.4, 0.5) is 14.0 Å². The molecule has 3 amide bonds. The third kappa shape index (κ3) is 4.34. The molecule has 1 aliphatic rings. The number of rotatable bonds is 2. The second-order valence-electron chi connectivity index (χ2n) is 5.08. The van der Waals surface area contributed by atoms with Gasteiger partial charge >= 0.3 is 12.1 Å². The van der Waals surface area contributed by atoms with Gasteiger partial charge in [-0.25, -0.2) is 14.0 Å². The van der Waals surface area contributed by atoms with Gasteiger partial charge in [0.15, 0.2) is 0 Å². The molecule has 0 aliphatic carbocycles. The molecule has 0 spiro atoms. The summed E-state index contributed by atoms with van der Waals surface area (Å²) in [6.45, 7) is 2.43. The lowest BCUT2D eigenvalue weighted by atomic mass is 10.2. The van der Waals surface area contributed by atoms with E-state index in [9.17, 15) is 14.0 Å². The zero-order valence-corrected chi connectivity index (χ0v) is 12.5. The van der Waals surface area contributed by atoms with E-state index >= 15 is 0 Å². The molecule has 0 aromatic heterocycles. The molecule has 0 atom stereocenters. The third-order valence-electron chi connectivity index (χ3n) is 3.57. The fraction of sp³-hybridized carbons (Fsp3) is 0.467. The van der Waals surface area contributed by atoms with E-state index < -0.39 is 0 Å². The molecule has 0 saturated carbocycles. The van der Waals surface area contributed by atoms with Gasteiger partial charge in [-0.15, -0.1) is 0 Å². The van der Waals surface area contributed by atoms with Crippen LogP contribution in [0.25, 0.3) is 0 Å². The van der Waals surface area contributed by atoms with Gasteiger partial charge in [-0.1, -0.05) is 12.1 Å². The van der Waals surface area contributed by atoms with Crippen molar-refractivity contribution >= 4 is 12.1 Å². The molecule has 7 heteroatoms. The van der Waals surface area contributed by atoms with Crippen LogP contribution in [-0.4, -0.2) is 55.2 Å². The van der Waals surface area contributed by atoms with Crippen molar-refractivity contribution in [3.63, 3.8) is 0 Å². The molecular weight excluding hydrogens is 289 g/mol. The fourth-order valence-corrected chi connectivity index (χ4v) is 2.32. The number of carbonyl (C=O) groups excluding carboxylic acids is 2. The number of ether oxygens (including phenoxy) is 1. The Hall–Kier alpha value is -2.31. The van der Waals surface area contributed by atoms with Gasteiger partial charge in [0.1, 0.15) is 5.82 Å². The van der Waals surface area contributed by atoms with E-state index in [1.807, 2.05) is 0 Å². The van der Waals surface area contributed by atoms with E-state index in [0.717, 1.165) is 5.56 Å². The molecule has 1 heterocycles. The Labute approximate surface area is 128 Å². The molecule has 1 fully saturated rings. The number of hydrogen-bond donors (Lipinski definition) is 1. The van der Waals surface area contributed by atoms with E-state index in [-0.39, 0.29) is 17.9 Å². The monoisotopic (exact) mass is 309 g/mol. The molecule has 0 radical (unpaired) electrons. The maximum Gasteiger partial charge on any atom is 0.409 e. The molecule has 0 unspecified atom stereocenters. The van der Waals surface area contributed by atoms with Crippen LogP contribution >= 0.6 is 0 Å². The first-order chi connectivity index (χ1) is 10.6. The lowest BCUT2D eigenvalue weighted by Crippen LogP contribution is -2.42. The summed E-state index contributed by atoms with van der Waals surface area (Å²) >= 11 is 0. The maximum absolute atomic E-state index is 12.8. The van der Waals surface area contributed by atoms with Crippen LogP contribution in [-0.2, 0) is 11.3 Å². The summed E-state index contributed by atoms with van der Waals surface area (Å²) in [6, 6.07) is 5.81. The lowest BCUT2D eigenvalue weighted by molar-refractivity contribution is 0.125. The van der Waals surface area contributed by atoms with E-state index in [2.05, 4.69) is 5.32 Å². The molecule has 1 aliphatic heterocycles. The lowest BCUT2D eigenvalue weighted by Gasteiger charge is -2.21. The predicted molar refractivity (Wildman–Crippen MR) is 78.8 cm³/mol. The van der Waals surface area contributed by atoms with Crippen molar-refractivity contribution in [3.05, 3.63) is 35.6 Å². The Morgan fingerprint density at radius 2 is 1.77 bits per heavy atom. The first kappa shape index (κ1) is 16.1. The Morgan fingerprint density at radius 1 is 1.14 bits per heavy atom. The Morgan fingerprint density at radius 3 is 2.45 bits per heavy atom. The van der Waals surface area contributed by atoms with Crippen molar-refractivity contribution in [2.45, 2.75) is 13.0 Å². The molecule has 22 heavy (non-hydrogen) atoms. The fourth-order valence-electron chi connectivity index (χ4n) is 2.32. The minimum absolute atomic E-state index is 0.184. The van der Waals surface area contributed by atoms with Crippen LogP contribution in [0.5, 0.6) is 0 Å². The zero-order chi connectivity index (χ0) is 15.9. The van der Waals surface area contributed by atoms with Crippen molar-refractivity contribution in [2.75, 3.05) is 33.3 Å². The minimum atomic E-state index is -0.367. The number of nitrogens with zero attached hydrogens (tertiary/aromatic N) is 2. The quantitative estimate of drug-likeness (QED) is 0.906. The number of benzene rings is 1. The smallest absolute Gasteiger partial charge is 0.409 e. The van der Waals surface area contributed by atoms with Gasteiger partial charge in [-0.05, 0) is 24.1 Å². The maximum atomic E-state index is 12.8. The Bertz CT molecular complexity index is 521.